The molecule has 4 nitrogen and oxygen atoms in total. The van der Waals surface area contributed by atoms with Gasteiger partial charge in [-0.05, 0) is 12.5 Å². The zero-order valence-electron chi connectivity index (χ0n) is 8.30. The molecule has 1 aromatic heterocycles. The van der Waals surface area contributed by atoms with Crippen LogP contribution in [0.4, 0.5) is 0 Å². The van der Waals surface area contributed by atoms with Gasteiger partial charge in [0.25, 0.3) is 5.56 Å². The predicted octanol–water partition coefficient (Wildman–Crippen LogP) is 1.89. The largest absolute Gasteiger partial charge is 0.494 e. The lowest BCUT2D eigenvalue weighted by Crippen LogP contribution is -2.08. The van der Waals surface area contributed by atoms with E-state index in [1.807, 2.05) is 0 Å². The molecule has 0 radical (unpaired) electrons. The fraction of sp³-hybridized carbons (Fsp3) is 0.200. The van der Waals surface area contributed by atoms with Crippen LogP contribution in [0, 0.1) is 6.92 Å². The summed E-state index contributed by atoms with van der Waals surface area (Å²) in [6, 6.07) is 1.66. The van der Waals surface area contributed by atoms with E-state index < -0.39 is 0 Å². The van der Waals surface area contributed by atoms with Gasteiger partial charge >= 0.3 is 0 Å². The second-order valence-corrected chi connectivity index (χ2v) is 3.55. The Morgan fingerprint density at radius 3 is 2.93 bits per heavy atom. The number of fused-ring (bicyclic) bond motifs is 1. The van der Waals surface area contributed by atoms with Crippen molar-refractivity contribution < 1.29 is 4.74 Å². The van der Waals surface area contributed by atoms with E-state index in [0.29, 0.717) is 27.2 Å². The normalized spacial score (nSPS) is 10.6. The first kappa shape index (κ1) is 9.98. The van der Waals surface area contributed by atoms with Crippen molar-refractivity contribution in [3.8, 4) is 5.75 Å². The van der Waals surface area contributed by atoms with Crippen molar-refractivity contribution in [1.29, 1.82) is 0 Å². The summed E-state index contributed by atoms with van der Waals surface area (Å²) in [6.07, 6.45) is 1.35. The number of hydrogen-bond acceptors (Lipinski definition) is 3. The Morgan fingerprint density at radius 2 is 2.27 bits per heavy atom. The molecule has 0 bridgehead atoms. The van der Waals surface area contributed by atoms with Gasteiger partial charge in [0.15, 0.2) is 0 Å². The van der Waals surface area contributed by atoms with Crippen LogP contribution in [0.25, 0.3) is 10.9 Å². The molecule has 0 aliphatic carbocycles. The minimum Gasteiger partial charge on any atom is -0.494 e. The fourth-order valence-electron chi connectivity index (χ4n) is 1.50. The Morgan fingerprint density at radius 1 is 1.53 bits per heavy atom. The van der Waals surface area contributed by atoms with E-state index in [9.17, 15) is 4.79 Å². The van der Waals surface area contributed by atoms with Crippen molar-refractivity contribution in [2.75, 3.05) is 7.11 Å². The van der Waals surface area contributed by atoms with Crippen LogP contribution in [-0.2, 0) is 0 Å². The summed E-state index contributed by atoms with van der Waals surface area (Å²) in [5.74, 6) is 0.506. The number of rotatable bonds is 1. The molecule has 0 saturated heterocycles. The number of H-pyrrole nitrogens is 1. The van der Waals surface area contributed by atoms with Crippen molar-refractivity contribution in [3.05, 3.63) is 33.3 Å². The van der Waals surface area contributed by atoms with Crippen molar-refractivity contribution >= 4 is 22.5 Å². The number of halogens is 1. The molecular formula is C10H9ClN2O2. The zero-order valence-corrected chi connectivity index (χ0v) is 9.05. The lowest BCUT2D eigenvalue weighted by molar-refractivity contribution is 0.418. The fourth-order valence-corrected chi connectivity index (χ4v) is 1.69. The van der Waals surface area contributed by atoms with E-state index in [1.165, 1.54) is 13.4 Å². The van der Waals surface area contributed by atoms with Crippen LogP contribution in [0.2, 0.25) is 5.02 Å². The lowest BCUT2D eigenvalue weighted by Gasteiger charge is -2.07. The molecule has 0 aliphatic rings. The highest BCUT2D eigenvalue weighted by Crippen LogP contribution is 2.29. The number of nitrogens with zero attached hydrogens (tertiary/aromatic N) is 1. The molecule has 78 valence electrons. The Bertz CT molecular complexity index is 577. The summed E-state index contributed by atoms with van der Waals surface area (Å²) in [6.45, 7) is 1.78. The van der Waals surface area contributed by atoms with Gasteiger partial charge in [-0.2, -0.15) is 0 Å². The molecular weight excluding hydrogens is 216 g/mol. The van der Waals surface area contributed by atoms with E-state index in [-0.39, 0.29) is 5.56 Å². The molecule has 0 fully saturated rings. The molecule has 0 saturated carbocycles. The van der Waals surface area contributed by atoms with Gasteiger partial charge in [0, 0.05) is 11.1 Å². The zero-order chi connectivity index (χ0) is 11.0. The Balaban J connectivity index is 3.03. The van der Waals surface area contributed by atoms with Gasteiger partial charge in [-0.1, -0.05) is 11.6 Å². The van der Waals surface area contributed by atoms with Gasteiger partial charge in [-0.25, -0.2) is 4.98 Å². The summed E-state index contributed by atoms with van der Waals surface area (Å²) in [5, 5.41) is 0.972. The summed E-state index contributed by atoms with van der Waals surface area (Å²) in [4.78, 5) is 18.2. The summed E-state index contributed by atoms with van der Waals surface area (Å²) < 4.78 is 5.12. The second kappa shape index (κ2) is 3.55. The monoisotopic (exact) mass is 224 g/mol. The SMILES string of the molecule is COc1cc(Cl)c(C)c2c(=O)[nH]cnc12. The highest BCUT2D eigenvalue weighted by atomic mass is 35.5. The van der Waals surface area contributed by atoms with Crippen LogP contribution < -0.4 is 10.3 Å². The average Bonchev–Trinajstić information content (AvgIpc) is 2.23. The molecule has 0 aliphatic heterocycles. The molecule has 1 N–H and O–H groups in total. The highest BCUT2D eigenvalue weighted by Gasteiger charge is 2.11. The molecule has 1 aromatic carbocycles. The van der Waals surface area contributed by atoms with Crippen LogP contribution in [0.1, 0.15) is 5.56 Å². The number of aromatic nitrogens is 2. The molecule has 5 heteroatoms. The topological polar surface area (TPSA) is 55.0 Å². The first-order valence-electron chi connectivity index (χ1n) is 4.35. The molecule has 1 heterocycles. The maximum absolute atomic E-state index is 11.6. The Labute approximate surface area is 90.9 Å². The van der Waals surface area contributed by atoms with Crippen LogP contribution in [0.15, 0.2) is 17.2 Å². The number of nitrogens with one attached hydrogen (secondary N) is 1. The minimum absolute atomic E-state index is 0.210. The van der Waals surface area contributed by atoms with Crippen molar-refractivity contribution in [2.45, 2.75) is 6.92 Å². The average molecular weight is 225 g/mol. The quantitative estimate of drug-likeness (QED) is 0.805. The number of benzene rings is 1. The van der Waals surface area contributed by atoms with Crippen molar-refractivity contribution in [1.82, 2.24) is 9.97 Å². The number of hydrogen-bond donors (Lipinski definition) is 1. The molecule has 0 amide bonds. The molecule has 2 rings (SSSR count). The molecule has 15 heavy (non-hydrogen) atoms. The Hall–Kier alpha value is -1.55. The first-order valence-corrected chi connectivity index (χ1v) is 4.73. The van der Waals surface area contributed by atoms with Crippen LogP contribution in [0.3, 0.4) is 0 Å². The maximum atomic E-state index is 11.6. The maximum Gasteiger partial charge on any atom is 0.259 e. The van der Waals surface area contributed by atoms with Crippen molar-refractivity contribution in [3.63, 3.8) is 0 Å². The van der Waals surface area contributed by atoms with Crippen molar-refractivity contribution in [2.24, 2.45) is 0 Å². The van der Waals surface area contributed by atoms with E-state index >= 15 is 0 Å². The molecule has 0 spiro atoms. The van der Waals surface area contributed by atoms with Crippen LogP contribution in [-0.4, -0.2) is 17.1 Å². The first-order chi connectivity index (χ1) is 7.15. The van der Waals surface area contributed by atoms with Gasteiger partial charge in [0.05, 0.1) is 18.8 Å². The van der Waals surface area contributed by atoms with E-state index in [0.717, 1.165) is 0 Å². The third-order valence-electron chi connectivity index (χ3n) is 2.30. The summed E-state index contributed by atoms with van der Waals surface area (Å²) in [5.41, 5.74) is 1.03. The Kier molecular flexibility index (Phi) is 2.36. The second-order valence-electron chi connectivity index (χ2n) is 3.14. The van der Waals surface area contributed by atoms with E-state index in [1.54, 1.807) is 13.0 Å². The van der Waals surface area contributed by atoms with Crippen LogP contribution in [0.5, 0.6) is 5.75 Å². The summed E-state index contributed by atoms with van der Waals surface area (Å²) in [7, 11) is 1.52. The van der Waals surface area contributed by atoms with Gasteiger partial charge in [-0.15, -0.1) is 0 Å². The molecule has 0 atom stereocenters. The molecule has 0 unspecified atom stereocenters. The summed E-state index contributed by atoms with van der Waals surface area (Å²) >= 11 is 5.98. The number of aryl methyl sites for hydroxylation is 1. The lowest BCUT2D eigenvalue weighted by atomic mass is 10.1. The van der Waals surface area contributed by atoms with E-state index in [2.05, 4.69) is 9.97 Å². The number of aromatic amines is 1. The van der Waals surface area contributed by atoms with Crippen LogP contribution >= 0.6 is 11.6 Å². The minimum atomic E-state index is -0.210. The van der Waals surface area contributed by atoms with Gasteiger partial charge in [-0.3, -0.25) is 4.79 Å². The van der Waals surface area contributed by atoms with Gasteiger partial charge < -0.3 is 9.72 Å². The standard InChI is InChI=1S/C10H9ClN2O2/c1-5-6(11)3-7(15-2)9-8(5)10(14)13-4-12-9/h3-4H,1-2H3,(H,12,13,14). The molecule has 2 aromatic rings. The van der Waals surface area contributed by atoms with Gasteiger partial charge in [0.2, 0.25) is 0 Å². The van der Waals surface area contributed by atoms with Gasteiger partial charge in [0.1, 0.15) is 11.3 Å². The van der Waals surface area contributed by atoms with E-state index in [4.69, 9.17) is 16.3 Å². The number of ether oxygens (including phenoxy) is 1. The highest BCUT2D eigenvalue weighted by molar-refractivity contribution is 6.32. The third-order valence-corrected chi connectivity index (χ3v) is 2.69. The third kappa shape index (κ3) is 1.47. The number of methoxy groups -OCH3 is 1. The predicted molar refractivity (Wildman–Crippen MR) is 58.7 cm³/mol. The smallest absolute Gasteiger partial charge is 0.259 e.